The van der Waals surface area contributed by atoms with E-state index in [9.17, 15) is 9.59 Å². The fourth-order valence-electron chi connectivity index (χ4n) is 4.26. The molecule has 0 aliphatic carbocycles. The highest BCUT2D eigenvalue weighted by Crippen LogP contribution is 2.36. The summed E-state index contributed by atoms with van der Waals surface area (Å²) in [4.78, 5) is 25.4. The highest BCUT2D eigenvalue weighted by molar-refractivity contribution is 6.15. The number of hydrogen-bond acceptors (Lipinski definition) is 6. The number of ketones is 1. The van der Waals surface area contributed by atoms with Gasteiger partial charge in [-0.05, 0) is 61.0 Å². The summed E-state index contributed by atoms with van der Waals surface area (Å²) in [7, 11) is 3.21. The van der Waals surface area contributed by atoms with E-state index in [1.807, 2.05) is 36.5 Å². The third-order valence-corrected chi connectivity index (χ3v) is 6.13. The summed E-state index contributed by atoms with van der Waals surface area (Å²) in [6.45, 7) is 2.84. The van der Waals surface area contributed by atoms with Crippen molar-refractivity contribution in [2.75, 3.05) is 14.2 Å². The number of carbonyl (C=O) groups excluding carboxylic acids is 2. The molecule has 1 aromatic heterocycles. The van der Waals surface area contributed by atoms with Crippen molar-refractivity contribution in [3.8, 4) is 23.0 Å². The van der Waals surface area contributed by atoms with Gasteiger partial charge >= 0.3 is 5.97 Å². The summed E-state index contributed by atoms with van der Waals surface area (Å²) >= 11 is 0. The number of nitrogens with zero attached hydrogens (tertiary/aromatic N) is 1. The number of Topliss-reactive ketones (excluding diaryl/α,β-unsaturated/α-hetero) is 1. The number of esters is 1. The van der Waals surface area contributed by atoms with Gasteiger partial charge in [-0.15, -0.1) is 0 Å². The zero-order valence-electron chi connectivity index (χ0n) is 20.2. The van der Waals surface area contributed by atoms with Crippen molar-refractivity contribution in [3.63, 3.8) is 0 Å². The number of benzene rings is 3. The SMILES string of the molecule is CCn1cc(/C=C2\Oc3cc(OC(=O)Cc4ccc(OC)cc4)ccc3C2=O)c2cc(OC)ccc21. The molecular formula is C29H25NO6. The Hall–Kier alpha value is -4.52. The number of allylic oxidation sites excluding steroid dienone is 1. The highest BCUT2D eigenvalue weighted by Gasteiger charge is 2.28. The molecule has 0 saturated heterocycles. The van der Waals surface area contributed by atoms with Crippen LogP contribution in [0.4, 0.5) is 0 Å². The van der Waals surface area contributed by atoms with Crippen molar-refractivity contribution in [1.82, 2.24) is 4.57 Å². The van der Waals surface area contributed by atoms with Gasteiger partial charge in [0.1, 0.15) is 23.0 Å². The first-order valence-electron chi connectivity index (χ1n) is 11.6. The number of aryl methyl sites for hydroxylation is 1. The van der Waals surface area contributed by atoms with E-state index in [0.717, 1.165) is 40.1 Å². The Labute approximate surface area is 208 Å². The molecule has 7 heteroatoms. The molecule has 0 atom stereocenters. The Bertz CT molecular complexity index is 1500. The standard InChI is InChI=1S/C29H25NO6/c1-4-30-17-19(24-15-21(34-3)10-12-25(24)30)14-27-29(32)23-11-9-22(16-26(23)36-27)35-28(31)13-18-5-7-20(33-2)8-6-18/h5-12,14-17H,4,13H2,1-3H3/b27-14-. The summed E-state index contributed by atoms with van der Waals surface area (Å²) in [6.07, 6.45) is 3.84. The lowest BCUT2D eigenvalue weighted by Gasteiger charge is -2.06. The zero-order chi connectivity index (χ0) is 25.2. The number of hydrogen-bond donors (Lipinski definition) is 0. The fourth-order valence-corrected chi connectivity index (χ4v) is 4.26. The van der Waals surface area contributed by atoms with Gasteiger partial charge in [-0.2, -0.15) is 0 Å². The second-order valence-electron chi connectivity index (χ2n) is 8.35. The van der Waals surface area contributed by atoms with Crippen molar-refractivity contribution >= 4 is 28.7 Å². The number of aromatic nitrogens is 1. The molecule has 0 spiro atoms. The van der Waals surface area contributed by atoms with Crippen LogP contribution in [-0.2, 0) is 17.8 Å². The molecule has 4 aromatic rings. The number of ether oxygens (including phenoxy) is 4. The summed E-state index contributed by atoms with van der Waals surface area (Å²) in [5.74, 6) is 1.70. The molecule has 2 heterocycles. The van der Waals surface area contributed by atoms with Crippen LogP contribution in [0.15, 0.2) is 72.6 Å². The second kappa shape index (κ2) is 9.62. The maximum Gasteiger partial charge on any atom is 0.315 e. The largest absolute Gasteiger partial charge is 0.497 e. The van der Waals surface area contributed by atoms with Crippen molar-refractivity contribution in [3.05, 3.63) is 89.3 Å². The predicted molar refractivity (Wildman–Crippen MR) is 136 cm³/mol. The zero-order valence-corrected chi connectivity index (χ0v) is 20.2. The van der Waals surface area contributed by atoms with Crippen LogP contribution in [0.25, 0.3) is 17.0 Å². The van der Waals surface area contributed by atoms with Gasteiger partial charge in [0.25, 0.3) is 0 Å². The molecule has 182 valence electrons. The van der Waals surface area contributed by atoms with E-state index >= 15 is 0 Å². The summed E-state index contributed by atoms with van der Waals surface area (Å²) in [5.41, 5.74) is 3.13. The Morgan fingerprint density at radius 3 is 2.39 bits per heavy atom. The molecule has 3 aromatic carbocycles. The lowest BCUT2D eigenvalue weighted by atomic mass is 10.1. The summed E-state index contributed by atoms with van der Waals surface area (Å²) in [5, 5.41) is 0.962. The Kier molecular flexibility index (Phi) is 6.21. The molecule has 0 saturated carbocycles. The van der Waals surface area contributed by atoms with E-state index in [1.54, 1.807) is 50.6 Å². The molecule has 5 rings (SSSR count). The minimum absolute atomic E-state index is 0.108. The topological polar surface area (TPSA) is 76.0 Å². The van der Waals surface area contributed by atoms with E-state index in [-0.39, 0.29) is 18.0 Å². The van der Waals surface area contributed by atoms with Gasteiger partial charge in [-0.25, -0.2) is 0 Å². The van der Waals surface area contributed by atoms with Crippen LogP contribution in [-0.4, -0.2) is 30.5 Å². The van der Waals surface area contributed by atoms with E-state index < -0.39 is 5.97 Å². The smallest absolute Gasteiger partial charge is 0.315 e. The molecule has 0 unspecified atom stereocenters. The van der Waals surface area contributed by atoms with Gasteiger partial charge < -0.3 is 23.5 Å². The van der Waals surface area contributed by atoms with Crippen LogP contribution in [0.1, 0.15) is 28.4 Å². The summed E-state index contributed by atoms with van der Waals surface area (Å²) < 4.78 is 24.0. The third kappa shape index (κ3) is 4.43. The summed E-state index contributed by atoms with van der Waals surface area (Å²) in [6, 6.07) is 17.8. The predicted octanol–water partition coefficient (Wildman–Crippen LogP) is 5.44. The van der Waals surface area contributed by atoms with Crippen molar-refractivity contribution in [2.45, 2.75) is 19.9 Å². The third-order valence-electron chi connectivity index (χ3n) is 6.13. The van der Waals surface area contributed by atoms with Gasteiger partial charge in [0.15, 0.2) is 5.76 Å². The average molecular weight is 484 g/mol. The van der Waals surface area contributed by atoms with Crippen molar-refractivity contribution in [1.29, 1.82) is 0 Å². The molecule has 36 heavy (non-hydrogen) atoms. The number of fused-ring (bicyclic) bond motifs is 2. The first-order valence-corrected chi connectivity index (χ1v) is 11.6. The molecule has 0 fully saturated rings. The lowest BCUT2D eigenvalue weighted by molar-refractivity contribution is -0.133. The average Bonchev–Trinajstić information content (AvgIpc) is 3.40. The van der Waals surface area contributed by atoms with E-state index in [0.29, 0.717) is 17.1 Å². The van der Waals surface area contributed by atoms with Gasteiger partial charge in [0, 0.05) is 35.3 Å². The van der Waals surface area contributed by atoms with Gasteiger partial charge in [-0.3, -0.25) is 9.59 Å². The molecule has 7 nitrogen and oxygen atoms in total. The maximum absolute atomic E-state index is 13.0. The first kappa shape index (κ1) is 23.2. The number of methoxy groups -OCH3 is 2. The number of carbonyl (C=O) groups is 2. The van der Waals surface area contributed by atoms with Gasteiger partial charge in [0.2, 0.25) is 5.78 Å². The van der Waals surface area contributed by atoms with Crippen LogP contribution >= 0.6 is 0 Å². The Morgan fingerprint density at radius 1 is 0.944 bits per heavy atom. The van der Waals surface area contributed by atoms with Crippen LogP contribution in [0.2, 0.25) is 0 Å². The molecule has 0 amide bonds. The van der Waals surface area contributed by atoms with Crippen LogP contribution in [0.5, 0.6) is 23.0 Å². The number of rotatable bonds is 7. The van der Waals surface area contributed by atoms with Crippen molar-refractivity contribution < 1.29 is 28.5 Å². The monoisotopic (exact) mass is 483 g/mol. The Balaban J connectivity index is 1.36. The molecule has 1 aliphatic rings. The van der Waals surface area contributed by atoms with E-state index in [2.05, 4.69) is 11.5 Å². The lowest BCUT2D eigenvalue weighted by Crippen LogP contribution is -2.11. The molecule has 0 radical (unpaired) electrons. The van der Waals surface area contributed by atoms with Gasteiger partial charge in [0.05, 0.1) is 26.2 Å². The fraction of sp³-hybridized carbons (Fsp3) is 0.172. The second-order valence-corrected chi connectivity index (χ2v) is 8.35. The van der Waals surface area contributed by atoms with E-state index in [1.165, 1.54) is 0 Å². The van der Waals surface area contributed by atoms with Crippen molar-refractivity contribution in [2.24, 2.45) is 0 Å². The quantitative estimate of drug-likeness (QED) is 0.198. The van der Waals surface area contributed by atoms with Gasteiger partial charge in [-0.1, -0.05) is 12.1 Å². The highest BCUT2D eigenvalue weighted by atomic mass is 16.5. The minimum atomic E-state index is -0.415. The minimum Gasteiger partial charge on any atom is -0.497 e. The van der Waals surface area contributed by atoms with E-state index in [4.69, 9.17) is 18.9 Å². The van der Waals surface area contributed by atoms with Crippen LogP contribution in [0, 0.1) is 0 Å². The molecule has 0 N–H and O–H groups in total. The van der Waals surface area contributed by atoms with Crippen LogP contribution in [0.3, 0.4) is 0 Å². The first-order chi connectivity index (χ1) is 17.5. The molecule has 1 aliphatic heterocycles. The Morgan fingerprint density at radius 2 is 1.67 bits per heavy atom. The van der Waals surface area contributed by atoms with Crippen LogP contribution < -0.4 is 18.9 Å². The normalized spacial score (nSPS) is 13.5. The molecule has 0 bridgehead atoms. The molecular weight excluding hydrogens is 458 g/mol. The maximum atomic E-state index is 13.0.